The van der Waals surface area contributed by atoms with Crippen molar-refractivity contribution >= 4 is 28.8 Å². The summed E-state index contributed by atoms with van der Waals surface area (Å²) in [7, 11) is 1.58. The zero-order valence-electron chi connectivity index (χ0n) is 15.1. The SMILES string of the molecule is CNC(=O)c1cccc(NC(=O)c2cccc(OCc3cccs3)c2)c1C. The summed E-state index contributed by atoms with van der Waals surface area (Å²) in [5.74, 6) is 0.188. The fourth-order valence-corrected chi connectivity index (χ4v) is 3.24. The van der Waals surface area contributed by atoms with Gasteiger partial charge in [0, 0.05) is 28.7 Å². The highest BCUT2D eigenvalue weighted by Gasteiger charge is 2.13. The van der Waals surface area contributed by atoms with Crippen LogP contribution in [-0.4, -0.2) is 18.9 Å². The van der Waals surface area contributed by atoms with Crippen molar-refractivity contribution < 1.29 is 14.3 Å². The first-order chi connectivity index (χ1) is 13.1. The molecule has 5 nitrogen and oxygen atoms in total. The number of nitrogens with one attached hydrogen (secondary N) is 2. The third-order valence-corrected chi connectivity index (χ3v) is 4.96. The Kier molecular flexibility index (Phi) is 5.88. The Balaban J connectivity index is 1.73. The van der Waals surface area contributed by atoms with Gasteiger partial charge in [-0.2, -0.15) is 0 Å². The third kappa shape index (κ3) is 4.54. The van der Waals surface area contributed by atoms with E-state index < -0.39 is 0 Å². The number of hydrogen-bond acceptors (Lipinski definition) is 4. The molecular formula is C21H20N2O3S. The first kappa shape index (κ1) is 18.7. The lowest BCUT2D eigenvalue weighted by molar-refractivity contribution is 0.0960. The van der Waals surface area contributed by atoms with Crippen molar-refractivity contribution in [1.29, 1.82) is 0 Å². The molecular weight excluding hydrogens is 360 g/mol. The van der Waals surface area contributed by atoms with Crippen LogP contribution < -0.4 is 15.4 Å². The standard InChI is InChI=1S/C21H20N2O3S/c1-14-18(21(25)22-2)9-4-10-19(14)23-20(24)15-6-3-7-16(12-15)26-13-17-8-5-11-27-17/h3-12H,13H2,1-2H3,(H,22,25)(H,23,24). The van der Waals surface area contributed by atoms with E-state index >= 15 is 0 Å². The average molecular weight is 380 g/mol. The van der Waals surface area contributed by atoms with Crippen molar-refractivity contribution in [2.24, 2.45) is 0 Å². The summed E-state index contributed by atoms with van der Waals surface area (Å²) in [6, 6.07) is 16.3. The van der Waals surface area contributed by atoms with Crippen molar-refractivity contribution in [3.05, 3.63) is 81.5 Å². The zero-order valence-corrected chi connectivity index (χ0v) is 15.9. The van der Waals surface area contributed by atoms with Crippen molar-refractivity contribution in [3.8, 4) is 5.75 Å². The summed E-state index contributed by atoms with van der Waals surface area (Å²) in [5, 5.41) is 7.47. The lowest BCUT2D eigenvalue weighted by Crippen LogP contribution is -2.20. The van der Waals surface area contributed by atoms with E-state index in [-0.39, 0.29) is 11.8 Å². The molecule has 2 amide bonds. The first-order valence-electron chi connectivity index (χ1n) is 8.47. The summed E-state index contributed by atoms with van der Waals surface area (Å²) < 4.78 is 5.76. The Labute approximate surface area is 162 Å². The van der Waals surface area contributed by atoms with Gasteiger partial charge in [-0.15, -0.1) is 11.3 Å². The minimum absolute atomic E-state index is 0.187. The smallest absolute Gasteiger partial charge is 0.255 e. The number of carbonyl (C=O) groups is 2. The summed E-state index contributed by atoms with van der Waals surface area (Å²) >= 11 is 1.62. The highest BCUT2D eigenvalue weighted by molar-refractivity contribution is 7.09. The second-order valence-electron chi connectivity index (χ2n) is 5.91. The number of thiophene rings is 1. The molecule has 0 fully saturated rings. The molecule has 0 aliphatic heterocycles. The van der Waals surface area contributed by atoms with E-state index in [0.29, 0.717) is 29.2 Å². The molecule has 1 aromatic heterocycles. The Morgan fingerprint density at radius 3 is 2.59 bits per heavy atom. The molecule has 0 bridgehead atoms. The van der Waals surface area contributed by atoms with Crippen LogP contribution in [0.4, 0.5) is 5.69 Å². The van der Waals surface area contributed by atoms with E-state index in [9.17, 15) is 9.59 Å². The number of amides is 2. The molecule has 1 heterocycles. The number of carbonyl (C=O) groups excluding carboxylic acids is 2. The Bertz CT molecular complexity index is 952. The first-order valence-corrected chi connectivity index (χ1v) is 9.34. The highest BCUT2D eigenvalue weighted by Crippen LogP contribution is 2.21. The molecule has 0 saturated carbocycles. The lowest BCUT2D eigenvalue weighted by atomic mass is 10.1. The quantitative estimate of drug-likeness (QED) is 0.672. The fourth-order valence-electron chi connectivity index (χ4n) is 2.62. The molecule has 3 rings (SSSR count). The molecule has 0 atom stereocenters. The maximum Gasteiger partial charge on any atom is 0.255 e. The highest BCUT2D eigenvalue weighted by atomic mass is 32.1. The summed E-state index contributed by atoms with van der Waals surface area (Å²) in [4.78, 5) is 25.7. The van der Waals surface area contributed by atoms with E-state index in [1.54, 1.807) is 61.7 Å². The van der Waals surface area contributed by atoms with E-state index in [2.05, 4.69) is 10.6 Å². The Morgan fingerprint density at radius 1 is 1.04 bits per heavy atom. The molecule has 0 saturated heterocycles. The van der Waals surface area contributed by atoms with Gasteiger partial charge < -0.3 is 15.4 Å². The summed E-state index contributed by atoms with van der Waals surface area (Å²) in [5.41, 5.74) is 2.34. The molecule has 6 heteroatoms. The van der Waals surface area contributed by atoms with Crippen LogP contribution in [-0.2, 0) is 6.61 Å². The third-order valence-electron chi connectivity index (χ3n) is 4.11. The summed E-state index contributed by atoms with van der Waals surface area (Å²) in [6.07, 6.45) is 0. The van der Waals surface area contributed by atoms with E-state index in [1.807, 2.05) is 23.6 Å². The topological polar surface area (TPSA) is 67.4 Å². The maximum absolute atomic E-state index is 12.6. The minimum atomic E-state index is -0.256. The Morgan fingerprint density at radius 2 is 1.85 bits per heavy atom. The molecule has 0 unspecified atom stereocenters. The van der Waals surface area contributed by atoms with E-state index in [4.69, 9.17) is 4.74 Å². The van der Waals surface area contributed by atoms with Gasteiger partial charge in [-0.25, -0.2) is 0 Å². The second-order valence-corrected chi connectivity index (χ2v) is 6.94. The fraction of sp³-hybridized carbons (Fsp3) is 0.143. The minimum Gasteiger partial charge on any atom is -0.488 e. The van der Waals surface area contributed by atoms with Gasteiger partial charge >= 0.3 is 0 Å². The maximum atomic E-state index is 12.6. The largest absolute Gasteiger partial charge is 0.488 e. The zero-order chi connectivity index (χ0) is 19.2. The number of anilines is 1. The van der Waals surface area contributed by atoms with Crippen molar-refractivity contribution in [1.82, 2.24) is 5.32 Å². The van der Waals surface area contributed by atoms with Crippen LogP contribution in [0.2, 0.25) is 0 Å². The van der Waals surface area contributed by atoms with Gasteiger partial charge in [0.15, 0.2) is 0 Å². The molecule has 0 aliphatic rings. The van der Waals surface area contributed by atoms with Crippen LogP contribution in [0.3, 0.4) is 0 Å². The van der Waals surface area contributed by atoms with Crippen LogP contribution in [0.15, 0.2) is 60.0 Å². The molecule has 27 heavy (non-hydrogen) atoms. The number of rotatable bonds is 6. The van der Waals surface area contributed by atoms with Gasteiger partial charge in [-0.3, -0.25) is 9.59 Å². The second kappa shape index (κ2) is 8.51. The van der Waals surface area contributed by atoms with Crippen molar-refractivity contribution in [2.75, 3.05) is 12.4 Å². The van der Waals surface area contributed by atoms with Crippen LogP contribution in [0.1, 0.15) is 31.2 Å². The number of benzene rings is 2. The average Bonchev–Trinajstić information content (AvgIpc) is 3.21. The molecule has 0 aliphatic carbocycles. The molecule has 0 radical (unpaired) electrons. The van der Waals surface area contributed by atoms with Gasteiger partial charge in [0.25, 0.3) is 11.8 Å². The Hall–Kier alpha value is -3.12. The van der Waals surface area contributed by atoms with Gasteiger partial charge in [-0.05, 0) is 54.3 Å². The van der Waals surface area contributed by atoms with Crippen LogP contribution in [0.5, 0.6) is 5.75 Å². The van der Waals surface area contributed by atoms with Crippen LogP contribution in [0.25, 0.3) is 0 Å². The van der Waals surface area contributed by atoms with Gasteiger partial charge in [-0.1, -0.05) is 18.2 Å². The molecule has 2 N–H and O–H groups in total. The van der Waals surface area contributed by atoms with Crippen LogP contribution >= 0.6 is 11.3 Å². The molecule has 2 aromatic carbocycles. The monoisotopic (exact) mass is 380 g/mol. The molecule has 138 valence electrons. The number of hydrogen-bond donors (Lipinski definition) is 2. The number of ether oxygens (including phenoxy) is 1. The predicted octanol–water partition coefficient (Wildman–Crippen LogP) is 4.25. The van der Waals surface area contributed by atoms with Crippen molar-refractivity contribution in [3.63, 3.8) is 0 Å². The van der Waals surface area contributed by atoms with E-state index in [1.165, 1.54) is 0 Å². The van der Waals surface area contributed by atoms with Crippen LogP contribution in [0, 0.1) is 6.92 Å². The summed E-state index contributed by atoms with van der Waals surface area (Å²) in [6.45, 7) is 2.27. The van der Waals surface area contributed by atoms with Gasteiger partial charge in [0.1, 0.15) is 12.4 Å². The molecule has 3 aromatic rings. The lowest BCUT2D eigenvalue weighted by Gasteiger charge is -2.12. The predicted molar refractivity (Wildman–Crippen MR) is 108 cm³/mol. The normalized spacial score (nSPS) is 10.3. The van der Waals surface area contributed by atoms with E-state index in [0.717, 1.165) is 10.4 Å². The van der Waals surface area contributed by atoms with Gasteiger partial charge in [0.05, 0.1) is 0 Å². The van der Waals surface area contributed by atoms with Crippen molar-refractivity contribution in [2.45, 2.75) is 13.5 Å². The molecule has 0 spiro atoms. The van der Waals surface area contributed by atoms with Gasteiger partial charge in [0.2, 0.25) is 0 Å².